The SMILES string of the molecule is O=C(CNC[C@@H]1CCNC1)c1nccs1. The molecular formula is C10H15N3OS. The van der Waals surface area contributed by atoms with E-state index in [1.165, 1.54) is 17.8 Å². The van der Waals surface area contributed by atoms with Crippen LogP contribution in [0.3, 0.4) is 0 Å². The van der Waals surface area contributed by atoms with Crippen LogP contribution in [0.1, 0.15) is 16.2 Å². The molecule has 0 saturated carbocycles. The molecule has 1 atom stereocenters. The fourth-order valence-corrected chi connectivity index (χ4v) is 2.29. The zero-order valence-corrected chi connectivity index (χ0v) is 9.35. The molecule has 0 amide bonds. The Morgan fingerprint density at radius 2 is 2.67 bits per heavy atom. The first-order valence-electron chi connectivity index (χ1n) is 5.20. The van der Waals surface area contributed by atoms with E-state index < -0.39 is 0 Å². The first kappa shape index (κ1) is 10.7. The maximum Gasteiger partial charge on any atom is 0.205 e. The normalized spacial score (nSPS) is 20.7. The lowest BCUT2D eigenvalue weighted by atomic mass is 10.1. The van der Waals surface area contributed by atoms with E-state index in [0.717, 1.165) is 19.6 Å². The Bertz CT molecular complexity index is 306. The molecule has 0 spiro atoms. The van der Waals surface area contributed by atoms with E-state index in [1.54, 1.807) is 6.20 Å². The minimum Gasteiger partial charge on any atom is -0.316 e. The Hall–Kier alpha value is -0.780. The molecule has 4 nitrogen and oxygen atoms in total. The van der Waals surface area contributed by atoms with Gasteiger partial charge in [-0.1, -0.05) is 0 Å². The second kappa shape index (κ2) is 5.34. The van der Waals surface area contributed by atoms with Gasteiger partial charge in [-0.25, -0.2) is 4.98 Å². The molecule has 1 fully saturated rings. The van der Waals surface area contributed by atoms with Crippen LogP contribution in [0.4, 0.5) is 0 Å². The first-order chi connectivity index (χ1) is 7.36. The summed E-state index contributed by atoms with van der Waals surface area (Å²) in [4.78, 5) is 15.5. The van der Waals surface area contributed by atoms with Gasteiger partial charge in [0.15, 0.2) is 5.01 Å². The van der Waals surface area contributed by atoms with Crippen molar-refractivity contribution < 1.29 is 4.79 Å². The first-order valence-corrected chi connectivity index (χ1v) is 6.08. The van der Waals surface area contributed by atoms with Crippen LogP contribution >= 0.6 is 11.3 Å². The molecule has 1 aliphatic heterocycles. The Morgan fingerprint density at radius 1 is 1.73 bits per heavy atom. The largest absolute Gasteiger partial charge is 0.316 e. The van der Waals surface area contributed by atoms with Gasteiger partial charge in [-0.15, -0.1) is 11.3 Å². The van der Waals surface area contributed by atoms with E-state index in [9.17, 15) is 4.79 Å². The Balaban J connectivity index is 1.67. The molecule has 0 unspecified atom stereocenters. The number of nitrogens with one attached hydrogen (secondary N) is 2. The third-order valence-electron chi connectivity index (χ3n) is 2.55. The third kappa shape index (κ3) is 3.09. The highest BCUT2D eigenvalue weighted by molar-refractivity contribution is 7.11. The molecule has 0 aromatic carbocycles. The quantitative estimate of drug-likeness (QED) is 0.718. The lowest BCUT2D eigenvalue weighted by Crippen LogP contribution is -2.29. The number of ketones is 1. The molecule has 1 aromatic rings. The minimum atomic E-state index is 0.0935. The van der Waals surface area contributed by atoms with Crippen molar-refractivity contribution in [2.24, 2.45) is 5.92 Å². The molecule has 1 aromatic heterocycles. The highest BCUT2D eigenvalue weighted by Gasteiger charge is 2.14. The van der Waals surface area contributed by atoms with Crippen LogP contribution in [0.5, 0.6) is 0 Å². The van der Waals surface area contributed by atoms with E-state index in [-0.39, 0.29) is 5.78 Å². The number of Topliss-reactive ketones (excluding diaryl/α,β-unsaturated/α-hetero) is 1. The minimum absolute atomic E-state index is 0.0935. The molecule has 1 aliphatic rings. The molecule has 2 N–H and O–H groups in total. The highest BCUT2D eigenvalue weighted by Crippen LogP contribution is 2.06. The molecule has 0 radical (unpaired) electrons. The van der Waals surface area contributed by atoms with Crippen LogP contribution in [0, 0.1) is 5.92 Å². The number of hydrogen-bond acceptors (Lipinski definition) is 5. The van der Waals surface area contributed by atoms with E-state index in [2.05, 4.69) is 15.6 Å². The summed E-state index contributed by atoms with van der Waals surface area (Å²) in [5, 5.41) is 8.93. The number of carbonyl (C=O) groups excluding carboxylic acids is 1. The summed E-state index contributed by atoms with van der Waals surface area (Å²) in [5.41, 5.74) is 0. The van der Waals surface area contributed by atoms with Gasteiger partial charge in [0.05, 0.1) is 6.54 Å². The monoisotopic (exact) mass is 225 g/mol. The summed E-state index contributed by atoms with van der Waals surface area (Å²) in [6.07, 6.45) is 2.87. The van der Waals surface area contributed by atoms with E-state index in [4.69, 9.17) is 0 Å². The zero-order chi connectivity index (χ0) is 10.5. The number of aromatic nitrogens is 1. The molecule has 2 heterocycles. The van der Waals surface area contributed by atoms with Gasteiger partial charge in [0, 0.05) is 11.6 Å². The van der Waals surface area contributed by atoms with Gasteiger partial charge in [-0.05, 0) is 32.0 Å². The Morgan fingerprint density at radius 3 is 3.33 bits per heavy atom. The molecular weight excluding hydrogens is 210 g/mol. The van der Waals surface area contributed by atoms with Gasteiger partial charge in [-0.3, -0.25) is 4.79 Å². The van der Waals surface area contributed by atoms with E-state index >= 15 is 0 Å². The Labute approximate surface area is 93.1 Å². The summed E-state index contributed by atoms with van der Waals surface area (Å²) in [5.74, 6) is 0.769. The molecule has 82 valence electrons. The predicted octanol–water partition coefficient (Wildman–Crippen LogP) is 0.525. The van der Waals surface area contributed by atoms with Crippen molar-refractivity contribution >= 4 is 17.1 Å². The van der Waals surface area contributed by atoms with Gasteiger partial charge in [0.1, 0.15) is 0 Å². The fourth-order valence-electron chi connectivity index (χ4n) is 1.72. The van der Waals surface area contributed by atoms with Gasteiger partial charge >= 0.3 is 0 Å². The maximum absolute atomic E-state index is 11.5. The van der Waals surface area contributed by atoms with Crippen molar-refractivity contribution in [3.05, 3.63) is 16.6 Å². The molecule has 0 aliphatic carbocycles. The van der Waals surface area contributed by atoms with Crippen molar-refractivity contribution in [2.75, 3.05) is 26.2 Å². The van der Waals surface area contributed by atoms with Crippen molar-refractivity contribution in [3.63, 3.8) is 0 Å². The highest BCUT2D eigenvalue weighted by atomic mass is 32.1. The van der Waals surface area contributed by atoms with Crippen LogP contribution in [0.25, 0.3) is 0 Å². The summed E-state index contributed by atoms with van der Waals surface area (Å²) >= 11 is 1.40. The number of thiazole rings is 1. The van der Waals surface area contributed by atoms with Crippen molar-refractivity contribution in [2.45, 2.75) is 6.42 Å². The van der Waals surface area contributed by atoms with Gasteiger partial charge in [-0.2, -0.15) is 0 Å². The topological polar surface area (TPSA) is 54.0 Å². The number of hydrogen-bond donors (Lipinski definition) is 2. The number of nitrogens with zero attached hydrogens (tertiary/aromatic N) is 1. The van der Waals surface area contributed by atoms with Crippen molar-refractivity contribution in [1.82, 2.24) is 15.6 Å². The summed E-state index contributed by atoms with van der Waals surface area (Å²) in [6, 6.07) is 0. The molecule has 0 bridgehead atoms. The number of carbonyl (C=O) groups is 1. The number of rotatable bonds is 5. The second-order valence-corrected chi connectivity index (χ2v) is 4.64. The zero-order valence-electron chi connectivity index (χ0n) is 8.53. The smallest absolute Gasteiger partial charge is 0.205 e. The van der Waals surface area contributed by atoms with Crippen LogP contribution in [0.2, 0.25) is 0 Å². The van der Waals surface area contributed by atoms with Crippen LogP contribution in [-0.2, 0) is 0 Å². The lowest BCUT2D eigenvalue weighted by Gasteiger charge is -2.08. The maximum atomic E-state index is 11.5. The average Bonchev–Trinajstić information content (AvgIpc) is 2.90. The lowest BCUT2D eigenvalue weighted by molar-refractivity contribution is 0.0990. The van der Waals surface area contributed by atoms with Crippen LogP contribution in [-0.4, -0.2) is 36.9 Å². The standard InChI is InChI=1S/C10H15N3OS/c14-9(10-13-3-4-15-10)7-12-6-8-1-2-11-5-8/h3-4,8,11-12H,1-2,5-7H2/t8-/m1/s1. The second-order valence-electron chi connectivity index (χ2n) is 3.75. The third-order valence-corrected chi connectivity index (χ3v) is 3.37. The summed E-state index contributed by atoms with van der Waals surface area (Å²) in [6.45, 7) is 3.50. The molecule has 2 rings (SSSR count). The Kier molecular flexibility index (Phi) is 3.82. The van der Waals surface area contributed by atoms with Crippen LogP contribution in [0.15, 0.2) is 11.6 Å². The average molecular weight is 225 g/mol. The van der Waals surface area contributed by atoms with Gasteiger partial charge in [0.2, 0.25) is 5.78 Å². The van der Waals surface area contributed by atoms with Crippen molar-refractivity contribution in [3.8, 4) is 0 Å². The molecule has 5 heteroatoms. The molecule has 15 heavy (non-hydrogen) atoms. The van der Waals surface area contributed by atoms with E-state index in [1.807, 2.05) is 5.38 Å². The predicted molar refractivity (Wildman–Crippen MR) is 60.3 cm³/mol. The fraction of sp³-hybridized carbons (Fsp3) is 0.600. The molecule has 1 saturated heterocycles. The van der Waals surface area contributed by atoms with Gasteiger partial charge in [0.25, 0.3) is 0 Å². The van der Waals surface area contributed by atoms with Gasteiger partial charge < -0.3 is 10.6 Å². The van der Waals surface area contributed by atoms with Crippen LogP contribution < -0.4 is 10.6 Å². The van der Waals surface area contributed by atoms with Crippen molar-refractivity contribution in [1.29, 1.82) is 0 Å². The summed E-state index contributed by atoms with van der Waals surface area (Å²) in [7, 11) is 0. The van der Waals surface area contributed by atoms with E-state index in [0.29, 0.717) is 17.5 Å². The summed E-state index contributed by atoms with van der Waals surface area (Å²) < 4.78 is 0.